The first-order valence-electron chi connectivity index (χ1n) is 7.94. The molecular formula is C20H26N2O. The van der Waals surface area contributed by atoms with E-state index in [4.69, 9.17) is 4.74 Å². The highest BCUT2D eigenvalue weighted by Gasteiger charge is 2.01. The van der Waals surface area contributed by atoms with Crippen LogP contribution >= 0.6 is 0 Å². The van der Waals surface area contributed by atoms with Crippen LogP contribution in [0.1, 0.15) is 5.56 Å². The van der Waals surface area contributed by atoms with Crippen LogP contribution < -0.4 is 4.74 Å². The summed E-state index contributed by atoms with van der Waals surface area (Å²) in [4.78, 5) is 4.37. The molecule has 0 fully saturated rings. The number of hydrogen-bond donors (Lipinski definition) is 0. The van der Waals surface area contributed by atoms with Gasteiger partial charge in [-0.25, -0.2) is 0 Å². The molecule has 0 radical (unpaired) electrons. The molecule has 2 rings (SSSR count). The minimum absolute atomic E-state index is 0.658. The largest absolute Gasteiger partial charge is 0.492 e. The van der Waals surface area contributed by atoms with Crippen molar-refractivity contribution >= 4 is 0 Å². The highest BCUT2D eigenvalue weighted by atomic mass is 16.5. The van der Waals surface area contributed by atoms with E-state index in [1.165, 1.54) is 5.56 Å². The van der Waals surface area contributed by atoms with Crippen molar-refractivity contribution < 1.29 is 4.74 Å². The lowest BCUT2D eigenvalue weighted by atomic mass is 10.2. The molecular weight excluding hydrogens is 284 g/mol. The van der Waals surface area contributed by atoms with E-state index in [0.717, 1.165) is 31.0 Å². The van der Waals surface area contributed by atoms with Gasteiger partial charge in [-0.05, 0) is 43.4 Å². The fourth-order valence-corrected chi connectivity index (χ4v) is 2.27. The summed E-state index contributed by atoms with van der Waals surface area (Å²) in [5.74, 6) is 0.919. The Bertz CT molecular complexity index is 582. The number of hydrogen-bond acceptors (Lipinski definition) is 3. The molecule has 0 N–H and O–H groups in total. The summed E-state index contributed by atoms with van der Waals surface area (Å²) in [5.41, 5.74) is 2.29. The average Bonchev–Trinajstić information content (AvgIpc) is 2.62. The van der Waals surface area contributed by atoms with Gasteiger partial charge >= 0.3 is 0 Å². The van der Waals surface area contributed by atoms with Crippen molar-refractivity contribution in [2.45, 2.75) is 6.54 Å². The van der Waals surface area contributed by atoms with E-state index in [0.29, 0.717) is 6.61 Å². The first-order chi connectivity index (χ1) is 11.1. The van der Waals surface area contributed by atoms with Gasteiger partial charge in [-0.3, -0.25) is 0 Å². The summed E-state index contributed by atoms with van der Waals surface area (Å²) in [6.07, 6.45) is 12.3. The van der Waals surface area contributed by atoms with Gasteiger partial charge in [0.15, 0.2) is 0 Å². The lowest BCUT2D eigenvalue weighted by molar-refractivity contribution is 0.264. The molecule has 1 heterocycles. The lowest BCUT2D eigenvalue weighted by Crippen LogP contribution is -2.23. The first kappa shape index (κ1) is 17.1. The summed E-state index contributed by atoms with van der Waals surface area (Å²) in [6.45, 7) is 7.30. The Morgan fingerprint density at radius 1 is 1.13 bits per heavy atom. The predicted octanol–water partition coefficient (Wildman–Crippen LogP) is 3.62. The molecule has 0 saturated heterocycles. The highest BCUT2D eigenvalue weighted by molar-refractivity contribution is 5.30. The van der Waals surface area contributed by atoms with Gasteiger partial charge in [0.1, 0.15) is 12.4 Å². The maximum absolute atomic E-state index is 5.85. The van der Waals surface area contributed by atoms with E-state index < -0.39 is 0 Å². The van der Waals surface area contributed by atoms with Crippen LogP contribution in [-0.2, 0) is 6.54 Å². The Kier molecular flexibility index (Phi) is 6.70. The van der Waals surface area contributed by atoms with Crippen molar-refractivity contribution in [1.29, 1.82) is 0 Å². The van der Waals surface area contributed by atoms with E-state index in [9.17, 15) is 0 Å². The van der Waals surface area contributed by atoms with Gasteiger partial charge in [0, 0.05) is 19.3 Å². The fourth-order valence-electron chi connectivity index (χ4n) is 2.27. The number of benzene rings is 1. The van der Waals surface area contributed by atoms with Crippen LogP contribution in [0.2, 0.25) is 0 Å². The smallest absolute Gasteiger partial charge is 0.119 e. The Hall–Kier alpha value is -2.26. The molecule has 1 aromatic carbocycles. The van der Waals surface area contributed by atoms with Crippen LogP contribution in [0, 0.1) is 0 Å². The van der Waals surface area contributed by atoms with Gasteiger partial charge in [-0.1, -0.05) is 43.0 Å². The molecule has 1 aromatic rings. The molecule has 3 heteroatoms. The molecule has 0 unspecified atom stereocenters. The van der Waals surface area contributed by atoms with E-state index in [-0.39, 0.29) is 0 Å². The van der Waals surface area contributed by atoms with Crippen LogP contribution in [0.5, 0.6) is 5.75 Å². The third kappa shape index (κ3) is 6.57. The summed E-state index contributed by atoms with van der Waals surface area (Å²) in [7, 11) is 4.14. The molecule has 1 aliphatic rings. The van der Waals surface area contributed by atoms with Crippen molar-refractivity contribution in [3.8, 4) is 5.75 Å². The van der Waals surface area contributed by atoms with E-state index in [1.54, 1.807) is 0 Å². The van der Waals surface area contributed by atoms with Crippen LogP contribution in [0.4, 0.5) is 0 Å². The van der Waals surface area contributed by atoms with Gasteiger partial charge in [-0.15, -0.1) is 0 Å². The van der Waals surface area contributed by atoms with E-state index in [2.05, 4.69) is 61.0 Å². The Balaban J connectivity index is 1.80. The molecule has 0 atom stereocenters. The first-order valence-corrected chi connectivity index (χ1v) is 7.94. The zero-order valence-electron chi connectivity index (χ0n) is 14.1. The van der Waals surface area contributed by atoms with Crippen molar-refractivity contribution in [3.05, 3.63) is 78.6 Å². The number of ether oxygens (including phenoxy) is 1. The molecule has 122 valence electrons. The van der Waals surface area contributed by atoms with Crippen LogP contribution in [-0.4, -0.2) is 43.6 Å². The summed E-state index contributed by atoms with van der Waals surface area (Å²) < 4.78 is 5.85. The standard InChI is InChI=1S/C20H26N2O/c1-18-7-5-4-6-13-22(14-12-18)15-16-23-20-10-8-19(9-11-20)17-21(2)3/h4-12,14H,1,13,15-17H2,2-3H3/b6-4-,7-5-,14-12-. The zero-order chi connectivity index (χ0) is 16.5. The Morgan fingerprint density at radius 3 is 2.65 bits per heavy atom. The predicted molar refractivity (Wildman–Crippen MR) is 97.5 cm³/mol. The van der Waals surface area contributed by atoms with E-state index in [1.807, 2.05) is 30.4 Å². The summed E-state index contributed by atoms with van der Waals surface area (Å²) in [6, 6.07) is 8.32. The molecule has 3 nitrogen and oxygen atoms in total. The SMILES string of the molecule is C=C1/C=C\C=C/CN(CCOc2ccc(CN(C)C)cc2)/C=C\1. The van der Waals surface area contributed by atoms with Gasteiger partial charge < -0.3 is 14.5 Å². The summed E-state index contributed by atoms with van der Waals surface area (Å²) in [5, 5.41) is 0. The Labute approximate surface area is 139 Å². The maximum Gasteiger partial charge on any atom is 0.119 e. The van der Waals surface area contributed by atoms with Crippen LogP contribution in [0.15, 0.2) is 73.0 Å². The molecule has 0 aliphatic carbocycles. The van der Waals surface area contributed by atoms with Crippen molar-refractivity contribution in [2.24, 2.45) is 0 Å². The minimum atomic E-state index is 0.658. The van der Waals surface area contributed by atoms with Gasteiger partial charge in [0.2, 0.25) is 0 Å². The molecule has 0 saturated carbocycles. The zero-order valence-corrected chi connectivity index (χ0v) is 14.1. The molecule has 0 spiro atoms. The summed E-state index contributed by atoms with van der Waals surface area (Å²) >= 11 is 0. The fraction of sp³-hybridized carbons (Fsp3) is 0.300. The van der Waals surface area contributed by atoms with Crippen molar-refractivity contribution in [3.63, 3.8) is 0 Å². The third-order valence-corrected chi connectivity index (χ3v) is 3.47. The Morgan fingerprint density at radius 2 is 1.91 bits per heavy atom. The molecule has 0 aromatic heterocycles. The maximum atomic E-state index is 5.85. The normalized spacial score (nSPS) is 18.9. The topological polar surface area (TPSA) is 15.7 Å². The molecule has 0 amide bonds. The minimum Gasteiger partial charge on any atom is -0.492 e. The number of rotatable bonds is 6. The van der Waals surface area contributed by atoms with Crippen LogP contribution in [0.25, 0.3) is 0 Å². The van der Waals surface area contributed by atoms with Gasteiger partial charge in [-0.2, -0.15) is 0 Å². The number of allylic oxidation sites excluding steroid dienone is 5. The second-order valence-corrected chi connectivity index (χ2v) is 5.90. The van der Waals surface area contributed by atoms with Gasteiger partial charge in [0.25, 0.3) is 0 Å². The number of nitrogens with zero attached hydrogens (tertiary/aromatic N) is 2. The molecule has 0 bridgehead atoms. The van der Waals surface area contributed by atoms with Gasteiger partial charge in [0.05, 0.1) is 6.54 Å². The quantitative estimate of drug-likeness (QED) is 0.798. The van der Waals surface area contributed by atoms with Crippen LogP contribution in [0.3, 0.4) is 0 Å². The monoisotopic (exact) mass is 310 g/mol. The second-order valence-electron chi connectivity index (χ2n) is 5.90. The molecule has 23 heavy (non-hydrogen) atoms. The third-order valence-electron chi connectivity index (χ3n) is 3.47. The van der Waals surface area contributed by atoms with Crippen molar-refractivity contribution in [2.75, 3.05) is 33.8 Å². The van der Waals surface area contributed by atoms with E-state index >= 15 is 0 Å². The lowest BCUT2D eigenvalue weighted by Gasteiger charge is -2.19. The average molecular weight is 310 g/mol. The molecule has 1 aliphatic heterocycles. The highest BCUT2D eigenvalue weighted by Crippen LogP contribution is 2.13. The second kappa shape index (κ2) is 9.01. The van der Waals surface area contributed by atoms with Crippen molar-refractivity contribution in [1.82, 2.24) is 9.80 Å².